The van der Waals surface area contributed by atoms with Crippen LogP contribution in [0.1, 0.15) is 26.3 Å². The van der Waals surface area contributed by atoms with Crippen LogP contribution in [-0.2, 0) is 4.79 Å². The molecule has 1 aromatic rings. The van der Waals surface area contributed by atoms with Crippen LogP contribution in [0.2, 0.25) is 0 Å². The summed E-state index contributed by atoms with van der Waals surface area (Å²) >= 11 is 0. The van der Waals surface area contributed by atoms with Crippen LogP contribution < -0.4 is 4.90 Å². The Hall–Kier alpha value is -2.10. The number of hydrogen-bond donors (Lipinski definition) is 1. The van der Waals surface area contributed by atoms with Crippen LogP contribution >= 0.6 is 0 Å². The predicted molar refractivity (Wildman–Crippen MR) is 78.2 cm³/mol. The number of carboxylic acid groups (broad SMARTS) is 1. The minimum Gasteiger partial charge on any atom is -0.478 e. The Morgan fingerprint density at radius 2 is 2.16 bits per heavy atom. The second kappa shape index (κ2) is 6.18. The molecule has 0 aliphatic rings. The van der Waals surface area contributed by atoms with E-state index in [1.807, 2.05) is 18.2 Å². The highest BCUT2D eigenvalue weighted by atomic mass is 16.4. The number of carbonyl (C=O) groups is 1. The van der Waals surface area contributed by atoms with Gasteiger partial charge >= 0.3 is 5.97 Å². The average molecular weight is 260 g/mol. The number of aliphatic carboxylic acids is 1. The maximum atomic E-state index is 10.4. The van der Waals surface area contributed by atoms with Gasteiger partial charge < -0.3 is 10.0 Å². The van der Waals surface area contributed by atoms with E-state index in [0.29, 0.717) is 6.54 Å². The molecule has 0 radical (unpaired) electrons. The van der Waals surface area contributed by atoms with Crippen molar-refractivity contribution in [2.24, 2.45) is 0 Å². The molecule has 0 atom stereocenters. The molecule has 0 spiro atoms. The summed E-state index contributed by atoms with van der Waals surface area (Å²) in [5, 5.41) is 8.57. The summed E-state index contributed by atoms with van der Waals surface area (Å²) in [5.74, 6) is -0.119. The van der Waals surface area contributed by atoms with Gasteiger partial charge in [-0.2, -0.15) is 0 Å². The molecule has 0 saturated carbocycles. The molecule has 1 aromatic heterocycles. The molecule has 1 rings (SSSR count). The van der Waals surface area contributed by atoms with Gasteiger partial charge in [-0.05, 0) is 44.5 Å². The molecule has 0 bridgehead atoms. The molecule has 4 heteroatoms. The number of pyridine rings is 1. The molecule has 0 aliphatic heterocycles. The van der Waals surface area contributed by atoms with Gasteiger partial charge in [-0.15, -0.1) is 6.58 Å². The fraction of sp³-hybridized carbons (Fsp3) is 0.333. The first-order chi connectivity index (χ1) is 8.84. The highest BCUT2D eigenvalue weighted by Crippen LogP contribution is 2.21. The fourth-order valence-electron chi connectivity index (χ4n) is 1.66. The Balaban J connectivity index is 2.95. The summed E-state index contributed by atoms with van der Waals surface area (Å²) in [5.41, 5.74) is 0.707. The van der Waals surface area contributed by atoms with E-state index in [4.69, 9.17) is 5.11 Å². The molecule has 0 unspecified atom stereocenters. The van der Waals surface area contributed by atoms with Gasteiger partial charge in [0.1, 0.15) is 5.82 Å². The fourth-order valence-corrected chi connectivity index (χ4v) is 1.66. The van der Waals surface area contributed by atoms with Crippen molar-refractivity contribution in [1.82, 2.24) is 4.98 Å². The largest absolute Gasteiger partial charge is 0.478 e. The highest BCUT2D eigenvalue weighted by Gasteiger charge is 2.21. The zero-order valence-electron chi connectivity index (χ0n) is 11.6. The summed E-state index contributed by atoms with van der Waals surface area (Å²) in [4.78, 5) is 16.9. The Morgan fingerprint density at radius 3 is 2.58 bits per heavy atom. The SMILES string of the molecule is C=CCN(c1ccc(/C=C/C(=O)O)cn1)C(C)(C)C. The number of carboxylic acids is 1. The van der Waals surface area contributed by atoms with E-state index in [2.05, 4.69) is 37.2 Å². The van der Waals surface area contributed by atoms with Gasteiger partial charge in [0, 0.05) is 24.4 Å². The molecular weight excluding hydrogens is 240 g/mol. The van der Waals surface area contributed by atoms with E-state index < -0.39 is 5.97 Å². The first-order valence-electron chi connectivity index (χ1n) is 6.10. The lowest BCUT2D eigenvalue weighted by atomic mass is 10.1. The molecule has 0 saturated heterocycles. The standard InChI is InChI=1S/C15H20N2O2/c1-5-10-17(15(2,3)4)13-8-6-12(11-16-13)7-9-14(18)19/h5-9,11H,1,10H2,2-4H3,(H,18,19)/b9-7+. The molecular formula is C15H20N2O2. The quantitative estimate of drug-likeness (QED) is 0.653. The van der Waals surface area contributed by atoms with Crippen LogP contribution in [0.15, 0.2) is 37.1 Å². The summed E-state index contributed by atoms with van der Waals surface area (Å²) in [6.07, 6.45) is 6.12. The highest BCUT2D eigenvalue weighted by molar-refractivity contribution is 5.85. The van der Waals surface area contributed by atoms with Gasteiger partial charge in [0.15, 0.2) is 0 Å². The van der Waals surface area contributed by atoms with Gasteiger partial charge in [-0.3, -0.25) is 0 Å². The van der Waals surface area contributed by atoms with Crippen molar-refractivity contribution in [3.63, 3.8) is 0 Å². The molecule has 0 aromatic carbocycles. The Morgan fingerprint density at radius 1 is 1.47 bits per heavy atom. The second-order valence-electron chi connectivity index (χ2n) is 5.19. The number of nitrogens with zero attached hydrogens (tertiary/aromatic N) is 2. The van der Waals surface area contributed by atoms with Crippen LogP contribution in [0, 0.1) is 0 Å². The van der Waals surface area contributed by atoms with Crippen molar-refractivity contribution in [2.75, 3.05) is 11.4 Å². The smallest absolute Gasteiger partial charge is 0.328 e. The number of rotatable bonds is 5. The molecule has 4 nitrogen and oxygen atoms in total. The number of anilines is 1. The molecule has 1 heterocycles. The number of hydrogen-bond acceptors (Lipinski definition) is 3. The van der Waals surface area contributed by atoms with Crippen molar-refractivity contribution in [2.45, 2.75) is 26.3 Å². The van der Waals surface area contributed by atoms with Crippen molar-refractivity contribution in [3.8, 4) is 0 Å². The van der Waals surface area contributed by atoms with E-state index in [9.17, 15) is 4.79 Å². The zero-order valence-corrected chi connectivity index (χ0v) is 11.6. The lowest BCUT2D eigenvalue weighted by Crippen LogP contribution is -2.42. The minimum absolute atomic E-state index is 0.0559. The maximum Gasteiger partial charge on any atom is 0.328 e. The summed E-state index contributed by atoms with van der Waals surface area (Å²) in [6, 6.07) is 3.74. The lowest BCUT2D eigenvalue weighted by Gasteiger charge is -2.36. The first kappa shape index (κ1) is 15.0. The third kappa shape index (κ3) is 4.58. The van der Waals surface area contributed by atoms with Crippen LogP contribution in [-0.4, -0.2) is 28.1 Å². The number of aromatic nitrogens is 1. The summed E-state index contributed by atoms with van der Waals surface area (Å²) in [6.45, 7) is 10.8. The van der Waals surface area contributed by atoms with Crippen LogP contribution in [0.4, 0.5) is 5.82 Å². The average Bonchev–Trinajstić information content (AvgIpc) is 2.33. The van der Waals surface area contributed by atoms with Crippen LogP contribution in [0.5, 0.6) is 0 Å². The normalized spacial score (nSPS) is 11.5. The molecule has 1 N–H and O–H groups in total. The lowest BCUT2D eigenvalue weighted by molar-refractivity contribution is -0.131. The third-order valence-electron chi connectivity index (χ3n) is 2.59. The van der Waals surface area contributed by atoms with Gasteiger partial charge in [0.25, 0.3) is 0 Å². The zero-order chi connectivity index (χ0) is 14.5. The van der Waals surface area contributed by atoms with E-state index in [-0.39, 0.29) is 5.54 Å². The maximum absolute atomic E-state index is 10.4. The molecule has 0 fully saturated rings. The Kier molecular flexibility index (Phi) is 4.87. The van der Waals surface area contributed by atoms with Crippen molar-refractivity contribution < 1.29 is 9.90 Å². The minimum atomic E-state index is -0.966. The molecule has 102 valence electrons. The topological polar surface area (TPSA) is 53.4 Å². The van der Waals surface area contributed by atoms with Crippen LogP contribution in [0.25, 0.3) is 6.08 Å². The van der Waals surface area contributed by atoms with E-state index in [1.165, 1.54) is 6.08 Å². The molecule has 0 amide bonds. The van der Waals surface area contributed by atoms with Crippen molar-refractivity contribution >= 4 is 17.9 Å². The van der Waals surface area contributed by atoms with E-state index in [0.717, 1.165) is 17.5 Å². The summed E-state index contributed by atoms with van der Waals surface area (Å²) in [7, 11) is 0. The van der Waals surface area contributed by atoms with Crippen molar-refractivity contribution in [3.05, 3.63) is 42.6 Å². The van der Waals surface area contributed by atoms with E-state index in [1.54, 1.807) is 6.20 Å². The monoisotopic (exact) mass is 260 g/mol. The van der Waals surface area contributed by atoms with Gasteiger partial charge in [0.05, 0.1) is 0 Å². The molecule has 0 aliphatic carbocycles. The van der Waals surface area contributed by atoms with Gasteiger partial charge in [-0.1, -0.05) is 6.08 Å². The van der Waals surface area contributed by atoms with Gasteiger partial charge in [-0.25, -0.2) is 9.78 Å². The molecule has 19 heavy (non-hydrogen) atoms. The first-order valence-corrected chi connectivity index (χ1v) is 6.10. The van der Waals surface area contributed by atoms with E-state index >= 15 is 0 Å². The summed E-state index contributed by atoms with van der Waals surface area (Å²) < 4.78 is 0. The van der Waals surface area contributed by atoms with Crippen molar-refractivity contribution in [1.29, 1.82) is 0 Å². The third-order valence-corrected chi connectivity index (χ3v) is 2.59. The van der Waals surface area contributed by atoms with Gasteiger partial charge in [0.2, 0.25) is 0 Å². The van der Waals surface area contributed by atoms with Crippen LogP contribution in [0.3, 0.4) is 0 Å². The Bertz CT molecular complexity index is 470. The Labute approximate surface area is 114 Å². The second-order valence-corrected chi connectivity index (χ2v) is 5.19. The predicted octanol–water partition coefficient (Wildman–Crippen LogP) is 2.97.